The van der Waals surface area contributed by atoms with Gasteiger partial charge in [0.05, 0.1) is 12.7 Å². The summed E-state index contributed by atoms with van der Waals surface area (Å²) in [5.74, 6) is 0. The molecule has 0 aromatic heterocycles. The highest BCUT2D eigenvalue weighted by atomic mass is 16.6. The Bertz CT molecular complexity index is 208. The molecule has 1 aliphatic rings. The highest BCUT2D eigenvalue weighted by molar-refractivity contribution is 4.86. The predicted molar refractivity (Wildman–Crippen MR) is 58.6 cm³/mol. The van der Waals surface area contributed by atoms with Gasteiger partial charge in [-0.1, -0.05) is 6.08 Å². The Morgan fingerprint density at radius 3 is 2.80 bits per heavy atom. The second-order valence-electron chi connectivity index (χ2n) is 4.19. The van der Waals surface area contributed by atoms with Crippen LogP contribution in [0.3, 0.4) is 0 Å². The van der Waals surface area contributed by atoms with Crippen LogP contribution in [0, 0.1) is 0 Å². The highest BCUT2D eigenvalue weighted by Gasteiger charge is 2.37. The molecule has 0 unspecified atom stereocenters. The lowest BCUT2D eigenvalue weighted by molar-refractivity contribution is -0.241. The first-order valence-corrected chi connectivity index (χ1v) is 5.28. The third-order valence-corrected chi connectivity index (χ3v) is 2.68. The smallest absolute Gasteiger partial charge is 0.182 e. The molecule has 1 N–H and O–H groups in total. The summed E-state index contributed by atoms with van der Waals surface area (Å²) in [7, 11) is 3.97. The normalized spacial score (nSPS) is 36.9. The fraction of sp³-hybridized carbons (Fsp3) is 0.818. The summed E-state index contributed by atoms with van der Waals surface area (Å²) < 4.78 is 10.9. The molecule has 0 aromatic rings. The summed E-state index contributed by atoms with van der Waals surface area (Å²) in [6.07, 6.45) is 1.47. The largest absolute Gasteiger partial charge is 0.367 e. The van der Waals surface area contributed by atoms with Crippen LogP contribution in [-0.4, -0.2) is 55.2 Å². The minimum absolute atomic E-state index is 0.0657. The zero-order chi connectivity index (χ0) is 11.4. The van der Waals surface area contributed by atoms with E-state index in [9.17, 15) is 5.11 Å². The lowest BCUT2D eigenvalue weighted by Crippen LogP contribution is -2.54. The van der Waals surface area contributed by atoms with E-state index in [-0.39, 0.29) is 18.2 Å². The van der Waals surface area contributed by atoms with Crippen LogP contribution < -0.4 is 0 Å². The topological polar surface area (TPSA) is 41.9 Å². The summed E-state index contributed by atoms with van der Waals surface area (Å²) in [4.78, 5) is 2.07. The Kier molecular flexibility index (Phi) is 4.73. The van der Waals surface area contributed by atoms with E-state index in [1.165, 1.54) is 0 Å². The first-order valence-electron chi connectivity index (χ1n) is 5.28. The first kappa shape index (κ1) is 12.6. The standard InChI is InChI=1S/C11H21NO3/c1-5-6-14-10-9(12(3)4)7-8(2)15-11(10)13/h5,8-11,13H,1,6-7H2,2-4H3/t8-,9+,10-,11-/m1/s1. The van der Waals surface area contributed by atoms with Crippen molar-refractivity contribution in [2.24, 2.45) is 0 Å². The molecule has 0 aromatic carbocycles. The van der Waals surface area contributed by atoms with Gasteiger partial charge in [-0.15, -0.1) is 6.58 Å². The second-order valence-corrected chi connectivity index (χ2v) is 4.19. The van der Waals surface area contributed by atoms with E-state index < -0.39 is 6.29 Å². The second kappa shape index (κ2) is 5.61. The molecule has 0 bridgehead atoms. The average Bonchev–Trinajstić information content (AvgIpc) is 2.15. The molecule has 0 saturated carbocycles. The molecule has 0 spiro atoms. The summed E-state index contributed by atoms with van der Waals surface area (Å²) >= 11 is 0. The average molecular weight is 215 g/mol. The van der Waals surface area contributed by atoms with Crippen LogP contribution in [0.15, 0.2) is 12.7 Å². The van der Waals surface area contributed by atoms with Crippen molar-refractivity contribution in [3.8, 4) is 0 Å². The van der Waals surface area contributed by atoms with E-state index in [1.807, 2.05) is 21.0 Å². The fourth-order valence-corrected chi connectivity index (χ4v) is 1.91. The summed E-state index contributed by atoms with van der Waals surface area (Å²) in [6.45, 7) is 5.99. The van der Waals surface area contributed by atoms with Crippen molar-refractivity contribution in [3.05, 3.63) is 12.7 Å². The minimum Gasteiger partial charge on any atom is -0.367 e. The van der Waals surface area contributed by atoms with Gasteiger partial charge in [0.15, 0.2) is 6.29 Å². The minimum atomic E-state index is -0.846. The summed E-state index contributed by atoms with van der Waals surface area (Å²) in [5, 5.41) is 9.78. The molecule has 1 fully saturated rings. The molecule has 4 heteroatoms. The predicted octanol–water partition coefficient (Wildman–Crippen LogP) is 0.615. The van der Waals surface area contributed by atoms with Gasteiger partial charge in [-0.05, 0) is 27.4 Å². The summed E-state index contributed by atoms with van der Waals surface area (Å²) in [5.41, 5.74) is 0. The Balaban J connectivity index is 2.64. The van der Waals surface area contributed by atoms with Gasteiger partial charge in [0.25, 0.3) is 0 Å². The van der Waals surface area contributed by atoms with E-state index in [0.29, 0.717) is 6.61 Å². The van der Waals surface area contributed by atoms with Crippen LogP contribution in [0.1, 0.15) is 13.3 Å². The molecule has 0 aliphatic carbocycles. The van der Waals surface area contributed by atoms with Gasteiger partial charge in [0, 0.05) is 6.04 Å². The van der Waals surface area contributed by atoms with E-state index in [1.54, 1.807) is 6.08 Å². The lowest BCUT2D eigenvalue weighted by Gasteiger charge is -2.41. The molecule has 0 radical (unpaired) electrons. The third-order valence-electron chi connectivity index (χ3n) is 2.68. The number of likely N-dealkylation sites (N-methyl/N-ethyl adjacent to an activating group) is 1. The maximum absolute atomic E-state index is 9.78. The van der Waals surface area contributed by atoms with Gasteiger partial charge >= 0.3 is 0 Å². The number of aliphatic hydroxyl groups is 1. The number of ether oxygens (including phenoxy) is 2. The van der Waals surface area contributed by atoms with Crippen molar-refractivity contribution in [2.75, 3.05) is 20.7 Å². The summed E-state index contributed by atoms with van der Waals surface area (Å²) in [6, 6.07) is 0.184. The molecule has 88 valence electrons. The fourth-order valence-electron chi connectivity index (χ4n) is 1.91. The zero-order valence-electron chi connectivity index (χ0n) is 9.72. The van der Waals surface area contributed by atoms with Gasteiger partial charge < -0.3 is 19.5 Å². The number of rotatable bonds is 4. The highest BCUT2D eigenvalue weighted by Crippen LogP contribution is 2.24. The van der Waals surface area contributed by atoms with Crippen molar-refractivity contribution in [3.63, 3.8) is 0 Å². The third kappa shape index (κ3) is 3.28. The molecule has 4 nitrogen and oxygen atoms in total. The van der Waals surface area contributed by atoms with Crippen molar-refractivity contribution in [1.82, 2.24) is 4.90 Å². The quantitative estimate of drug-likeness (QED) is 0.698. The Labute approximate surface area is 91.5 Å². The van der Waals surface area contributed by atoms with Crippen LogP contribution in [0.25, 0.3) is 0 Å². The van der Waals surface area contributed by atoms with Gasteiger partial charge in [-0.25, -0.2) is 0 Å². The molecule has 1 rings (SSSR count). The maximum atomic E-state index is 9.78. The number of hydrogen-bond donors (Lipinski definition) is 1. The molecule has 0 amide bonds. The Morgan fingerprint density at radius 2 is 2.27 bits per heavy atom. The van der Waals surface area contributed by atoms with Crippen LogP contribution in [0.5, 0.6) is 0 Å². The zero-order valence-corrected chi connectivity index (χ0v) is 9.72. The lowest BCUT2D eigenvalue weighted by atomic mass is 9.99. The monoisotopic (exact) mass is 215 g/mol. The Hall–Kier alpha value is -0.420. The molecule has 1 aliphatic heterocycles. The molecular weight excluding hydrogens is 194 g/mol. The molecule has 15 heavy (non-hydrogen) atoms. The van der Waals surface area contributed by atoms with Crippen LogP contribution in [0.4, 0.5) is 0 Å². The van der Waals surface area contributed by atoms with Crippen LogP contribution in [-0.2, 0) is 9.47 Å². The SMILES string of the molecule is C=CCO[C@H]1[C@H](O)O[C@H](C)C[C@@H]1N(C)C. The van der Waals surface area contributed by atoms with Gasteiger partial charge in [0.2, 0.25) is 0 Å². The number of aliphatic hydroxyl groups excluding tert-OH is 1. The van der Waals surface area contributed by atoms with Crippen molar-refractivity contribution < 1.29 is 14.6 Å². The van der Waals surface area contributed by atoms with Crippen molar-refractivity contribution in [2.45, 2.75) is 37.9 Å². The van der Waals surface area contributed by atoms with E-state index in [2.05, 4.69) is 11.5 Å². The maximum Gasteiger partial charge on any atom is 0.182 e. The first-order chi connectivity index (χ1) is 7.06. The van der Waals surface area contributed by atoms with E-state index in [4.69, 9.17) is 9.47 Å². The van der Waals surface area contributed by atoms with Crippen LogP contribution >= 0.6 is 0 Å². The molecule has 1 heterocycles. The van der Waals surface area contributed by atoms with Crippen molar-refractivity contribution >= 4 is 0 Å². The van der Waals surface area contributed by atoms with E-state index in [0.717, 1.165) is 6.42 Å². The van der Waals surface area contributed by atoms with Crippen LogP contribution in [0.2, 0.25) is 0 Å². The van der Waals surface area contributed by atoms with Gasteiger partial charge in [-0.2, -0.15) is 0 Å². The molecular formula is C11H21NO3. The van der Waals surface area contributed by atoms with Crippen molar-refractivity contribution in [1.29, 1.82) is 0 Å². The van der Waals surface area contributed by atoms with E-state index >= 15 is 0 Å². The molecule has 1 saturated heterocycles. The number of hydrogen-bond acceptors (Lipinski definition) is 4. The van der Waals surface area contributed by atoms with Gasteiger partial charge in [0.1, 0.15) is 6.10 Å². The Morgan fingerprint density at radius 1 is 1.60 bits per heavy atom. The number of nitrogens with zero attached hydrogens (tertiary/aromatic N) is 1. The molecule has 4 atom stereocenters. The van der Waals surface area contributed by atoms with Gasteiger partial charge in [-0.3, -0.25) is 0 Å².